The van der Waals surface area contributed by atoms with Gasteiger partial charge >= 0.3 is 5.97 Å². The van der Waals surface area contributed by atoms with Crippen LogP contribution in [0, 0.1) is 11.3 Å². The van der Waals surface area contributed by atoms with E-state index < -0.39 is 21.9 Å². The van der Waals surface area contributed by atoms with Crippen LogP contribution < -0.4 is 10.0 Å². The summed E-state index contributed by atoms with van der Waals surface area (Å²) in [5.41, 5.74) is 0.227. The number of nitrogens with zero attached hydrogens (tertiary/aromatic N) is 1. The van der Waals surface area contributed by atoms with Gasteiger partial charge in [0, 0.05) is 18.8 Å². The Morgan fingerprint density at radius 2 is 1.91 bits per heavy atom. The molecule has 0 spiro atoms. The maximum atomic E-state index is 11.8. The van der Waals surface area contributed by atoms with E-state index in [0.29, 0.717) is 5.69 Å². The average molecular weight is 337 g/mol. The molecule has 1 aromatic rings. The van der Waals surface area contributed by atoms with Crippen molar-refractivity contribution >= 4 is 27.6 Å². The van der Waals surface area contributed by atoms with Crippen LogP contribution in [0.5, 0.6) is 0 Å². The van der Waals surface area contributed by atoms with Crippen molar-refractivity contribution in [3.05, 3.63) is 36.0 Å². The second-order valence-corrected chi connectivity index (χ2v) is 5.90. The molecule has 0 aliphatic rings. The zero-order chi connectivity index (χ0) is 17.5. The molecule has 0 atom stereocenters. The summed E-state index contributed by atoms with van der Waals surface area (Å²) in [5.74, 6) is -1.45. The third-order valence-corrected chi connectivity index (χ3v) is 3.89. The maximum absolute atomic E-state index is 11.8. The van der Waals surface area contributed by atoms with Gasteiger partial charge in [0.25, 0.3) is 10.0 Å². The van der Waals surface area contributed by atoms with Gasteiger partial charge in [-0.15, -0.1) is 0 Å². The van der Waals surface area contributed by atoms with Crippen LogP contribution in [-0.4, -0.2) is 26.9 Å². The van der Waals surface area contributed by atoms with E-state index in [1.165, 1.54) is 24.3 Å². The van der Waals surface area contributed by atoms with Crippen LogP contribution in [0.4, 0.5) is 5.69 Å². The molecular formula is C14H15N3O5S. The van der Waals surface area contributed by atoms with Crippen LogP contribution in [-0.2, 0) is 24.3 Å². The fraction of sp³-hybridized carbons (Fsp3) is 0.214. The first-order valence-electron chi connectivity index (χ1n) is 6.47. The van der Waals surface area contributed by atoms with E-state index in [4.69, 9.17) is 10.00 Å². The molecule has 2 N–H and O–H groups in total. The first kappa shape index (κ1) is 18.2. The van der Waals surface area contributed by atoms with Crippen LogP contribution in [0.1, 0.15) is 13.8 Å². The number of rotatable bonds is 6. The number of ether oxygens (including phenoxy) is 1. The highest BCUT2D eigenvalue weighted by atomic mass is 32.2. The van der Waals surface area contributed by atoms with Gasteiger partial charge in [-0.1, -0.05) is 0 Å². The highest BCUT2D eigenvalue weighted by Crippen LogP contribution is 2.14. The number of nitriles is 1. The molecule has 23 heavy (non-hydrogen) atoms. The lowest BCUT2D eigenvalue weighted by Crippen LogP contribution is -2.28. The Kier molecular flexibility index (Phi) is 6.29. The van der Waals surface area contributed by atoms with Crippen molar-refractivity contribution in [2.75, 3.05) is 11.9 Å². The van der Waals surface area contributed by atoms with Gasteiger partial charge in [0.15, 0.2) is 5.57 Å². The van der Waals surface area contributed by atoms with E-state index in [1.54, 1.807) is 13.0 Å². The van der Waals surface area contributed by atoms with Crippen molar-refractivity contribution in [1.82, 2.24) is 4.72 Å². The number of esters is 1. The first-order chi connectivity index (χ1) is 10.8. The van der Waals surface area contributed by atoms with Crippen LogP contribution in [0.25, 0.3) is 0 Å². The lowest BCUT2D eigenvalue weighted by atomic mass is 10.3. The van der Waals surface area contributed by atoms with Crippen molar-refractivity contribution in [2.24, 2.45) is 0 Å². The number of hydrogen-bond acceptors (Lipinski definition) is 7. The van der Waals surface area contributed by atoms with E-state index in [1.807, 2.05) is 4.72 Å². The molecule has 1 aromatic carbocycles. The lowest BCUT2D eigenvalue weighted by Gasteiger charge is -2.06. The maximum Gasteiger partial charge on any atom is 0.350 e. The van der Waals surface area contributed by atoms with Crippen molar-refractivity contribution < 1.29 is 22.7 Å². The van der Waals surface area contributed by atoms with Gasteiger partial charge < -0.3 is 10.1 Å². The largest absolute Gasteiger partial charge is 0.462 e. The molecule has 0 saturated heterocycles. The summed E-state index contributed by atoms with van der Waals surface area (Å²) < 4.78 is 30.1. The molecule has 1 rings (SSSR count). The predicted octanol–water partition coefficient (Wildman–Crippen LogP) is 0.894. The lowest BCUT2D eigenvalue weighted by molar-refractivity contribution is -0.138. The van der Waals surface area contributed by atoms with E-state index in [0.717, 1.165) is 13.1 Å². The van der Waals surface area contributed by atoms with Gasteiger partial charge in [0.2, 0.25) is 5.91 Å². The number of anilines is 1. The zero-order valence-corrected chi connectivity index (χ0v) is 13.3. The second-order valence-electron chi connectivity index (χ2n) is 4.22. The van der Waals surface area contributed by atoms with Crippen LogP contribution in [0.2, 0.25) is 0 Å². The van der Waals surface area contributed by atoms with E-state index in [9.17, 15) is 18.0 Å². The molecule has 0 unspecified atom stereocenters. The molecule has 1 amide bonds. The Balaban J connectivity index is 2.88. The quantitative estimate of drug-likeness (QED) is 0.448. The van der Waals surface area contributed by atoms with Crippen LogP contribution in [0.15, 0.2) is 40.9 Å². The third-order valence-electron chi connectivity index (χ3n) is 2.44. The highest BCUT2D eigenvalue weighted by Gasteiger charge is 2.15. The summed E-state index contributed by atoms with van der Waals surface area (Å²) in [5, 5.41) is 11.5. The average Bonchev–Trinajstić information content (AvgIpc) is 2.47. The highest BCUT2D eigenvalue weighted by molar-refractivity contribution is 7.90. The van der Waals surface area contributed by atoms with Crippen LogP contribution in [0.3, 0.4) is 0 Å². The Labute approximate surface area is 133 Å². The van der Waals surface area contributed by atoms with Crippen LogP contribution >= 0.6 is 0 Å². The molecule has 0 heterocycles. The van der Waals surface area contributed by atoms with E-state index in [2.05, 4.69) is 5.32 Å². The normalized spacial score (nSPS) is 11.3. The van der Waals surface area contributed by atoms with Crippen molar-refractivity contribution in [3.63, 3.8) is 0 Å². The van der Waals surface area contributed by atoms with Gasteiger partial charge in [0.05, 0.1) is 11.5 Å². The Bertz CT molecular complexity index is 761. The smallest absolute Gasteiger partial charge is 0.350 e. The number of amides is 1. The third kappa shape index (κ3) is 5.44. The molecule has 9 heteroatoms. The van der Waals surface area contributed by atoms with Gasteiger partial charge in [-0.05, 0) is 31.2 Å². The zero-order valence-electron chi connectivity index (χ0n) is 12.5. The van der Waals surface area contributed by atoms with Gasteiger partial charge in [-0.2, -0.15) is 5.26 Å². The number of benzene rings is 1. The van der Waals surface area contributed by atoms with Gasteiger partial charge in [-0.25, -0.2) is 17.9 Å². The summed E-state index contributed by atoms with van der Waals surface area (Å²) in [6.45, 7) is 2.86. The minimum Gasteiger partial charge on any atom is -0.462 e. The summed E-state index contributed by atoms with van der Waals surface area (Å²) in [7, 11) is -3.90. The fourth-order valence-electron chi connectivity index (χ4n) is 1.48. The number of carbonyl (C=O) groups excluding carboxylic acids is 2. The summed E-state index contributed by atoms with van der Waals surface area (Å²) in [4.78, 5) is 22.2. The van der Waals surface area contributed by atoms with Crippen molar-refractivity contribution in [3.8, 4) is 6.07 Å². The van der Waals surface area contributed by atoms with Gasteiger partial charge in [-0.3, -0.25) is 4.79 Å². The monoisotopic (exact) mass is 337 g/mol. The van der Waals surface area contributed by atoms with Gasteiger partial charge in [0.1, 0.15) is 6.07 Å². The Morgan fingerprint density at radius 3 is 2.39 bits per heavy atom. The fourth-order valence-corrected chi connectivity index (χ4v) is 2.47. The molecule has 0 saturated carbocycles. The second kappa shape index (κ2) is 7.95. The van der Waals surface area contributed by atoms with E-state index >= 15 is 0 Å². The predicted molar refractivity (Wildman–Crippen MR) is 81.4 cm³/mol. The molecule has 0 bridgehead atoms. The number of sulfonamides is 1. The molecule has 0 radical (unpaired) electrons. The summed E-state index contributed by atoms with van der Waals surface area (Å²) >= 11 is 0. The van der Waals surface area contributed by atoms with E-state index in [-0.39, 0.29) is 17.1 Å². The van der Waals surface area contributed by atoms with Crippen molar-refractivity contribution in [2.45, 2.75) is 18.7 Å². The molecule has 122 valence electrons. The standard InChI is InChI=1S/C14H15N3O5S/c1-3-22-14(19)11(8-15)9-16-12-4-6-13(7-5-12)23(20,21)17-10(2)18/h4-7,9,16H,3H2,1-2H3,(H,17,18)/b11-9+. The SMILES string of the molecule is CCOC(=O)/C(C#N)=C/Nc1ccc(S(=O)(=O)NC(C)=O)cc1. The summed E-state index contributed by atoms with van der Waals surface area (Å²) in [6.07, 6.45) is 1.16. The minimum absolute atomic E-state index is 0.0897. The van der Waals surface area contributed by atoms with Crippen molar-refractivity contribution in [1.29, 1.82) is 5.26 Å². The molecule has 0 aliphatic carbocycles. The molecule has 0 aliphatic heterocycles. The molecule has 8 nitrogen and oxygen atoms in total. The molecule has 0 fully saturated rings. The number of hydrogen-bond donors (Lipinski definition) is 2. The molecular weight excluding hydrogens is 322 g/mol. The Hall–Kier alpha value is -2.86. The minimum atomic E-state index is -3.90. The number of carbonyl (C=O) groups is 2. The first-order valence-corrected chi connectivity index (χ1v) is 7.96. The Morgan fingerprint density at radius 1 is 1.30 bits per heavy atom. The number of nitrogens with one attached hydrogen (secondary N) is 2. The topological polar surface area (TPSA) is 125 Å². The summed E-state index contributed by atoms with van der Waals surface area (Å²) in [6, 6.07) is 7.09. The molecule has 0 aromatic heterocycles.